The summed E-state index contributed by atoms with van der Waals surface area (Å²) in [7, 11) is 0. The molecule has 0 bridgehead atoms. The fraction of sp³-hybridized carbons (Fsp3) is 0.444. The van der Waals surface area contributed by atoms with Gasteiger partial charge in [-0.15, -0.1) is 5.10 Å². The van der Waals surface area contributed by atoms with Crippen LogP contribution in [-0.2, 0) is 11.3 Å². The molecule has 2 aliphatic rings. The number of imide groups is 1. The Morgan fingerprint density at radius 2 is 1.85 bits per heavy atom. The van der Waals surface area contributed by atoms with E-state index in [4.69, 9.17) is 0 Å². The average molecular weight is 357 g/mol. The number of nitrogens with one attached hydrogen (secondary N) is 1. The SMILES string of the molecule is O=C1NC2(CCCCCC2)C(=O)N1Cc1cn(-c2ccccc2F)nn1. The molecular weight excluding hydrogens is 337 g/mol. The first-order valence-corrected chi connectivity index (χ1v) is 8.89. The lowest BCUT2D eigenvalue weighted by Gasteiger charge is -2.24. The van der Waals surface area contributed by atoms with E-state index in [9.17, 15) is 14.0 Å². The molecule has 3 amide bonds. The van der Waals surface area contributed by atoms with Crippen LogP contribution in [-0.4, -0.2) is 37.4 Å². The first-order chi connectivity index (χ1) is 12.6. The van der Waals surface area contributed by atoms with Crippen LogP contribution in [0.3, 0.4) is 0 Å². The van der Waals surface area contributed by atoms with Crippen molar-refractivity contribution in [3.05, 3.63) is 42.0 Å². The third kappa shape index (κ3) is 2.85. The van der Waals surface area contributed by atoms with E-state index in [1.807, 2.05) is 0 Å². The second-order valence-electron chi connectivity index (χ2n) is 6.92. The molecule has 0 unspecified atom stereocenters. The van der Waals surface area contributed by atoms with E-state index in [1.165, 1.54) is 21.8 Å². The van der Waals surface area contributed by atoms with Crippen LogP contribution < -0.4 is 5.32 Å². The molecule has 1 aliphatic carbocycles. The number of halogens is 1. The number of hydrogen-bond donors (Lipinski definition) is 1. The highest BCUT2D eigenvalue weighted by Gasteiger charge is 2.50. The minimum atomic E-state index is -0.769. The van der Waals surface area contributed by atoms with Crippen LogP contribution in [0.25, 0.3) is 5.69 Å². The van der Waals surface area contributed by atoms with Crippen LogP contribution in [0.5, 0.6) is 0 Å². The van der Waals surface area contributed by atoms with Crippen molar-refractivity contribution in [2.24, 2.45) is 0 Å². The number of hydrogen-bond acceptors (Lipinski definition) is 4. The van der Waals surface area contributed by atoms with Crippen molar-refractivity contribution < 1.29 is 14.0 Å². The second kappa shape index (κ2) is 6.51. The van der Waals surface area contributed by atoms with E-state index in [0.717, 1.165) is 25.7 Å². The zero-order valence-electron chi connectivity index (χ0n) is 14.3. The fourth-order valence-corrected chi connectivity index (χ4v) is 3.78. The molecule has 8 heteroatoms. The smallest absolute Gasteiger partial charge is 0.323 e. The average Bonchev–Trinajstić information content (AvgIpc) is 3.07. The van der Waals surface area contributed by atoms with E-state index in [1.54, 1.807) is 18.2 Å². The predicted molar refractivity (Wildman–Crippen MR) is 90.8 cm³/mol. The Labute approximate surface area is 150 Å². The standard InChI is InChI=1S/C18H20FN5O2/c19-14-7-3-4-8-15(14)24-12-13(21-22-24)11-23-16(25)18(20-17(23)26)9-5-1-2-6-10-18/h3-4,7-8,12H,1-2,5-6,9-11H2,(H,20,26). The molecule has 26 heavy (non-hydrogen) atoms. The Hall–Kier alpha value is -2.77. The molecule has 4 rings (SSSR count). The normalized spacial score (nSPS) is 19.7. The maximum absolute atomic E-state index is 13.9. The van der Waals surface area contributed by atoms with Crippen LogP contribution in [0.4, 0.5) is 9.18 Å². The van der Waals surface area contributed by atoms with Gasteiger partial charge in [0.15, 0.2) is 0 Å². The van der Waals surface area contributed by atoms with E-state index < -0.39 is 17.4 Å². The third-order valence-corrected chi connectivity index (χ3v) is 5.16. The van der Waals surface area contributed by atoms with Crippen molar-refractivity contribution in [1.29, 1.82) is 0 Å². The number of carbonyl (C=O) groups is 2. The monoisotopic (exact) mass is 357 g/mol. The van der Waals surface area contributed by atoms with Crippen molar-refractivity contribution in [3.63, 3.8) is 0 Å². The van der Waals surface area contributed by atoms with Gasteiger partial charge in [-0.25, -0.2) is 13.9 Å². The van der Waals surface area contributed by atoms with Crippen LogP contribution >= 0.6 is 0 Å². The van der Waals surface area contributed by atoms with Gasteiger partial charge in [0.1, 0.15) is 22.7 Å². The Morgan fingerprint density at radius 3 is 2.58 bits per heavy atom. The largest absolute Gasteiger partial charge is 0.325 e. The molecule has 136 valence electrons. The van der Waals surface area contributed by atoms with Gasteiger partial charge in [0.25, 0.3) is 5.91 Å². The molecule has 1 aromatic heterocycles. The molecule has 1 spiro atoms. The molecule has 1 N–H and O–H groups in total. The Balaban J connectivity index is 1.53. The summed E-state index contributed by atoms with van der Waals surface area (Å²) in [4.78, 5) is 26.5. The van der Waals surface area contributed by atoms with Gasteiger partial charge in [-0.3, -0.25) is 9.69 Å². The van der Waals surface area contributed by atoms with Crippen LogP contribution in [0.1, 0.15) is 44.2 Å². The molecule has 1 saturated carbocycles. The maximum Gasteiger partial charge on any atom is 0.325 e. The zero-order chi connectivity index (χ0) is 18.1. The number of amides is 3. The highest BCUT2D eigenvalue weighted by atomic mass is 19.1. The number of aromatic nitrogens is 3. The van der Waals surface area contributed by atoms with Crippen LogP contribution in [0.2, 0.25) is 0 Å². The molecule has 2 heterocycles. The summed E-state index contributed by atoms with van der Waals surface area (Å²) < 4.78 is 15.2. The van der Waals surface area contributed by atoms with Crippen LogP contribution in [0, 0.1) is 5.82 Å². The number of carbonyl (C=O) groups excluding carboxylic acids is 2. The van der Waals surface area contributed by atoms with Crippen molar-refractivity contribution >= 4 is 11.9 Å². The highest BCUT2D eigenvalue weighted by molar-refractivity contribution is 6.06. The first-order valence-electron chi connectivity index (χ1n) is 8.89. The van der Waals surface area contributed by atoms with E-state index in [-0.39, 0.29) is 18.1 Å². The summed E-state index contributed by atoms with van der Waals surface area (Å²) in [5, 5.41) is 10.8. The maximum atomic E-state index is 13.9. The topological polar surface area (TPSA) is 80.1 Å². The van der Waals surface area contributed by atoms with Crippen molar-refractivity contribution in [3.8, 4) is 5.69 Å². The molecule has 1 saturated heterocycles. The quantitative estimate of drug-likeness (QED) is 0.856. The van der Waals surface area contributed by atoms with Crippen molar-refractivity contribution in [2.75, 3.05) is 0 Å². The lowest BCUT2D eigenvalue weighted by atomic mass is 9.90. The summed E-state index contributed by atoms with van der Waals surface area (Å²) in [6, 6.07) is 5.83. The third-order valence-electron chi connectivity index (χ3n) is 5.16. The second-order valence-corrected chi connectivity index (χ2v) is 6.92. The lowest BCUT2D eigenvalue weighted by molar-refractivity contribution is -0.132. The minimum absolute atomic E-state index is 0.0286. The molecule has 2 fully saturated rings. The van der Waals surface area contributed by atoms with Gasteiger partial charge in [0.05, 0.1) is 12.7 Å². The van der Waals surface area contributed by atoms with E-state index in [2.05, 4.69) is 15.6 Å². The Kier molecular flexibility index (Phi) is 4.18. The van der Waals surface area contributed by atoms with Gasteiger partial charge in [0, 0.05) is 0 Å². The fourth-order valence-electron chi connectivity index (χ4n) is 3.78. The molecule has 1 aliphatic heterocycles. The summed E-state index contributed by atoms with van der Waals surface area (Å²) in [6.07, 6.45) is 6.93. The number of nitrogens with zero attached hydrogens (tertiary/aromatic N) is 4. The summed E-state index contributed by atoms with van der Waals surface area (Å²) >= 11 is 0. The highest BCUT2D eigenvalue weighted by Crippen LogP contribution is 2.33. The van der Waals surface area contributed by atoms with Gasteiger partial charge < -0.3 is 5.32 Å². The van der Waals surface area contributed by atoms with Gasteiger partial charge in [-0.05, 0) is 25.0 Å². The van der Waals surface area contributed by atoms with Crippen molar-refractivity contribution in [1.82, 2.24) is 25.2 Å². The predicted octanol–water partition coefficient (Wildman–Crippen LogP) is 2.55. The molecule has 0 atom stereocenters. The number of rotatable bonds is 3. The Morgan fingerprint density at radius 1 is 1.12 bits per heavy atom. The molecule has 0 radical (unpaired) electrons. The summed E-state index contributed by atoms with van der Waals surface area (Å²) in [5.41, 5.74) is -0.0686. The van der Waals surface area contributed by atoms with E-state index in [0.29, 0.717) is 18.5 Å². The van der Waals surface area contributed by atoms with Gasteiger partial charge >= 0.3 is 6.03 Å². The molecule has 1 aromatic carbocycles. The first kappa shape index (κ1) is 16.7. The summed E-state index contributed by atoms with van der Waals surface area (Å²) in [5.74, 6) is -0.610. The Bertz CT molecular complexity index is 842. The number of benzene rings is 1. The number of para-hydroxylation sites is 1. The van der Waals surface area contributed by atoms with Crippen molar-refractivity contribution in [2.45, 2.75) is 50.6 Å². The van der Waals surface area contributed by atoms with Gasteiger partial charge in [-0.2, -0.15) is 0 Å². The van der Waals surface area contributed by atoms with Gasteiger partial charge in [0.2, 0.25) is 0 Å². The molecule has 7 nitrogen and oxygen atoms in total. The van der Waals surface area contributed by atoms with Crippen LogP contribution in [0.15, 0.2) is 30.5 Å². The summed E-state index contributed by atoms with van der Waals surface area (Å²) in [6.45, 7) is 0.0286. The van der Waals surface area contributed by atoms with Gasteiger partial charge in [-0.1, -0.05) is 43.0 Å². The molecular formula is C18H20FN5O2. The minimum Gasteiger partial charge on any atom is -0.323 e. The molecule has 2 aromatic rings. The lowest BCUT2D eigenvalue weighted by Crippen LogP contribution is -2.46. The zero-order valence-corrected chi connectivity index (χ0v) is 14.3. The number of urea groups is 1. The van der Waals surface area contributed by atoms with E-state index >= 15 is 0 Å².